The predicted molar refractivity (Wildman–Crippen MR) is 44.6 cm³/mol. The molecule has 0 aliphatic heterocycles. The summed E-state index contributed by atoms with van der Waals surface area (Å²) in [7, 11) is 0. The summed E-state index contributed by atoms with van der Waals surface area (Å²) >= 11 is -1.93. The Hall–Kier alpha value is -0.870. The van der Waals surface area contributed by atoms with E-state index in [1.165, 1.54) is 0 Å². The van der Waals surface area contributed by atoms with Gasteiger partial charge in [0.15, 0.2) is 11.1 Å². The SMILES string of the molecule is Cc1c(N)cccc1S(=O)O. The van der Waals surface area contributed by atoms with E-state index in [0.717, 1.165) is 0 Å². The van der Waals surface area contributed by atoms with Crippen molar-refractivity contribution in [3.05, 3.63) is 23.8 Å². The van der Waals surface area contributed by atoms with Crippen LogP contribution in [0.25, 0.3) is 0 Å². The molecule has 1 aromatic rings. The van der Waals surface area contributed by atoms with Crippen LogP contribution in [0.5, 0.6) is 0 Å². The molecule has 0 saturated heterocycles. The minimum Gasteiger partial charge on any atom is -0.398 e. The Morgan fingerprint density at radius 3 is 2.64 bits per heavy atom. The smallest absolute Gasteiger partial charge is 0.186 e. The van der Waals surface area contributed by atoms with Gasteiger partial charge >= 0.3 is 0 Å². The third-order valence-electron chi connectivity index (χ3n) is 1.51. The lowest BCUT2D eigenvalue weighted by atomic mass is 10.2. The molecule has 1 aromatic carbocycles. The molecular weight excluding hydrogens is 162 g/mol. The topological polar surface area (TPSA) is 63.3 Å². The van der Waals surface area contributed by atoms with E-state index < -0.39 is 11.1 Å². The summed E-state index contributed by atoms with van der Waals surface area (Å²) in [5, 5.41) is 0. The number of benzene rings is 1. The summed E-state index contributed by atoms with van der Waals surface area (Å²) in [4.78, 5) is 0.380. The molecule has 0 amide bonds. The van der Waals surface area contributed by atoms with Gasteiger partial charge in [0, 0.05) is 5.69 Å². The Kier molecular flexibility index (Phi) is 2.26. The molecule has 1 atom stereocenters. The standard InChI is InChI=1S/C7H9NO2S/c1-5-6(8)3-2-4-7(5)11(9)10/h2-4H,8H2,1H3,(H,9,10). The average Bonchev–Trinajstić information content (AvgIpc) is 1.94. The first kappa shape index (κ1) is 8.23. The van der Waals surface area contributed by atoms with Crippen molar-refractivity contribution < 1.29 is 8.76 Å². The van der Waals surface area contributed by atoms with Crippen LogP contribution in [0.1, 0.15) is 5.56 Å². The Morgan fingerprint density at radius 1 is 1.55 bits per heavy atom. The lowest BCUT2D eigenvalue weighted by Gasteiger charge is -2.02. The highest BCUT2D eigenvalue weighted by molar-refractivity contribution is 7.79. The van der Waals surface area contributed by atoms with Gasteiger partial charge in [0.25, 0.3) is 0 Å². The molecule has 0 heterocycles. The van der Waals surface area contributed by atoms with Crippen molar-refractivity contribution >= 4 is 16.8 Å². The van der Waals surface area contributed by atoms with Crippen LogP contribution in [-0.4, -0.2) is 8.76 Å². The second kappa shape index (κ2) is 3.02. The van der Waals surface area contributed by atoms with Crippen molar-refractivity contribution in [1.29, 1.82) is 0 Å². The third-order valence-corrected chi connectivity index (χ3v) is 2.33. The maximum absolute atomic E-state index is 10.6. The number of rotatable bonds is 1. The Morgan fingerprint density at radius 2 is 2.18 bits per heavy atom. The summed E-state index contributed by atoms with van der Waals surface area (Å²) in [6.45, 7) is 1.72. The summed E-state index contributed by atoms with van der Waals surface area (Å²) in [5.74, 6) is 0. The highest BCUT2D eigenvalue weighted by Crippen LogP contribution is 2.17. The van der Waals surface area contributed by atoms with Gasteiger partial charge in [0.2, 0.25) is 0 Å². The monoisotopic (exact) mass is 171 g/mol. The minimum atomic E-state index is -1.93. The van der Waals surface area contributed by atoms with Crippen molar-refractivity contribution in [2.75, 3.05) is 5.73 Å². The molecule has 1 rings (SSSR count). The zero-order valence-corrected chi connectivity index (χ0v) is 6.89. The Bertz CT molecular complexity index is 298. The van der Waals surface area contributed by atoms with E-state index in [1.54, 1.807) is 25.1 Å². The molecule has 0 bridgehead atoms. The van der Waals surface area contributed by atoms with E-state index in [4.69, 9.17) is 10.3 Å². The van der Waals surface area contributed by atoms with Gasteiger partial charge < -0.3 is 10.3 Å². The maximum atomic E-state index is 10.6. The molecule has 60 valence electrons. The van der Waals surface area contributed by atoms with E-state index in [1.807, 2.05) is 0 Å². The number of anilines is 1. The van der Waals surface area contributed by atoms with E-state index in [0.29, 0.717) is 16.1 Å². The minimum absolute atomic E-state index is 0.380. The Balaban J connectivity index is 3.27. The van der Waals surface area contributed by atoms with E-state index in [-0.39, 0.29) is 0 Å². The highest BCUT2D eigenvalue weighted by atomic mass is 32.2. The molecule has 3 N–H and O–H groups in total. The molecule has 11 heavy (non-hydrogen) atoms. The lowest BCUT2D eigenvalue weighted by Crippen LogP contribution is -1.96. The number of nitrogens with two attached hydrogens (primary N) is 1. The second-order valence-corrected chi connectivity index (χ2v) is 3.16. The molecule has 3 nitrogen and oxygen atoms in total. The van der Waals surface area contributed by atoms with Crippen molar-refractivity contribution in [3.8, 4) is 0 Å². The van der Waals surface area contributed by atoms with E-state index >= 15 is 0 Å². The van der Waals surface area contributed by atoms with Gasteiger partial charge in [-0.25, -0.2) is 4.21 Å². The highest BCUT2D eigenvalue weighted by Gasteiger charge is 2.04. The summed E-state index contributed by atoms with van der Waals surface area (Å²) in [6.07, 6.45) is 0. The van der Waals surface area contributed by atoms with Gasteiger partial charge in [-0.15, -0.1) is 0 Å². The largest absolute Gasteiger partial charge is 0.398 e. The van der Waals surface area contributed by atoms with Crippen molar-refractivity contribution in [3.63, 3.8) is 0 Å². The normalized spacial score (nSPS) is 12.9. The molecule has 4 heteroatoms. The summed E-state index contributed by atoms with van der Waals surface area (Å²) in [6, 6.07) is 4.94. The molecular formula is C7H9NO2S. The fraction of sp³-hybridized carbons (Fsp3) is 0.143. The van der Waals surface area contributed by atoms with Gasteiger partial charge in [0.05, 0.1) is 4.90 Å². The van der Waals surface area contributed by atoms with Crippen molar-refractivity contribution in [2.45, 2.75) is 11.8 Å². The maximum Gasteiger partial charge on any atom is 0.186 e. The second-order valence-electron chi connectivity index (χ2n) is 2.22. The fourth-order valence-electron chi connectivity index (χ4n) is 0.821. The molecule has 1 unspecified atom stereocenters. The van der Waals surface area contributed by atoms with Gasteiger partial charge in [0.1, 0.15) is 0 Å². The van der Waals surface area contributed by atoms with Gasteiger partial charge in [-0.2, -0.15) is 0 Å². The van der Waals surface area contributed by atoms with E-state index in [2.05, 4.69) is 0 Å². The van der Waals surface area contributed by atoms with Crippen LogP contribution in [-0.2, 0) is 11.1 Å². The van der Waals surface area contributed by atoms with Crippen LogP contribution in [0.4, 0.5) is 5.69 Å². The predicted octanol–water partition coefficient (Wildman–Crippen LogP) is 1.16. The van der Waals surface area contributed by atoms with Crippen molar-refractivity contribution in [1.82, 2.24) is 0 Å². The number of hydrogen-bond acceptors (Lipinski definition) is 2. The van der Waals surface area contributed by atoms with Gasteiger partial charge in [-0.05, 0) is 24.6 Å². The van der Waals surface area contributed by atoms with Gasteiger partial charge in [-0.3, -0.25) is 0 Å². The van der Waals surface area contributed by atoms with Crippen LogP contribution in [0.2, 0.25) is 0 Å². The average molecular weight is 171 g/mol. The van der Waals surface area contributed by atoms with Crippen LogP contribution in [0, 0.1) is 6.92 Å². The van der Waals surface area contributed by atoms with Crippen LogP contribution in [0.3, 0.4) is 0 Å². The van der Waals surface area contributed by atoms with Crippen LogP contribution in [0.15, 0.2) is 23.1 Å². The van der Waals surface area contributed by atoms with Crippen LogP contribution >= 0.6 is 0 Å². The molecule has 0 radical (unpaired) electrons. The molecule has 0 fully saturated rings. The quantitative estimate of drug-likeness (QED) is 0.492. The molecule has 0 aromatic heterocycles. The molecule has 0 spiro atoms. The molecule has 0 saturated carbocycles. The van der Waals surface area contributed by atoms with Gasteiger partial charge in [-0.1, -0.05) is 6.07 Å². The van der Waals surface area contributed by atoms with Crippen molar-refractivity contribution in [2.24, 2.45) is 0 Å². The summed E-state index contributed by atoms with van der Waals surface area (Å²) < 4.78 is 19.4. The molecule has 0 aliphatic carbocycles. The van der Waals surface area contributed by atoms with E-state index in [9.17, 15) is 4.21 Å². The fourth-order valence-corrected chi connectivity index (χ4v) is 1.40. The lowest BCUT2D eigenvalue weighted by molar-refractivity contribution is 0.564. The zero-order valence-electron chi connectivity index (χ0n) is 6.07. The zero-order chi connectivity index (χ0) is 8.43. The first-order valence-electron chi connectivity index (χ1n) is 3.09. The first-order chi connectivity index (χ1) is 5.13. The third kappa shape index (κ3) is 1.58. The molecule has 0 aliphatic rings. The number of hydrogen-bond donors (Lipinski definition) is 2. The van der Waals surface area contributed by atoms with Crippen LogP contribution < -0.4 is 5.73 Å². The Labute approximate surface area is 67.5 Å². The number of nitrogen functional groups attached to an aromatic ring is 1. The first-order valence-corrected chi connectivity index (χ1v) is 4.19. The summed E-state index contributed by atoms with van der Waals surface area (Å²) in [5.41, 5.74) is 6.73.